The normalized spacial score (nSPS) is 18.3. The lowest BCUT2D eigenvalue weighted by atomic mass is 9.82. The van der Waals surface area contributed by atoms with Crippen molar-refractivity contribution in [1.82, 2.24) is 9.88 Å². The molecule has 2 N–H and O–H groups in total. The fraction of sp³-hybridized carbons (Fsp3) is 0.389. The first-order valence-electron chi connectivity index (χ1n) is 7.76. The molecular weight excluding hydrogens is 276 g/mol. The molecule has 4 heteroatoms. The maximum atomic E-state index is 11.8. The highest BCUT2D eigenvalue weighted by Gasteiger charge is 2.34. The number of aryl methyl sites for hydroxylation is 1. The number of nitrogens with zero attached hydrogens (tertiary/aromatic N) is 1. The summed E-state index contributed by atoms with van der Waals surface area (Å²) in [6.45, 7) is 4.27. The smallest absolute Gasteiger partial charge is 0.252 e. The van der Waals surface area contributed by atoms with E-state index in [9.17, 15) is 9.90 Å². The molecule has 3 rings (SSSR count). The first-order valence-corrected chi connectivity index (χ1v) is 7.76. The van der Waals surface area contributed by atoms with Gasteiger partial charge in [-0.25, -0.2) is 0 Å². The first kappa shape index (κ1) is 15.0. The Bertz CT molecular complexity index is 700. The fourth-order valence-electron chi connectivity index (χ4n) is 3.27. The zero-order valence-electron chi connectivity index (χ0n) is 12.9. The van der Waals surface area contributed by atoms with Gasteiger partial charge in [0.15, 0.2) is 0 Å². The van der Waals surface area contributed by atoms with Crippen molar-refractivity contribution >= 4 is 0 Å². The second kappa shape index (κ2) is 6.07. The molecule has 1 aliphatic heterocycles. The summed E-state index contributed by atoms with van der Waals surface area (Å²) >= 11 is 0. The molecule has 0 atom stereocenters. The molecule has 1 saturated heterocycles. The molecule has 0 spiro atoms. The predicted molar refractivity (Wildman–Crippen MR) is 86.6 cm³/mol. The van der Waals surface area contributed by atoms with Crippen molar-refractivity contribution < 1.29 is 5.11 Å². The number of aromatic nitrogens is 1. The number of H-pyrrole nitrogens is 1. The first-order chi connectivity index (χ1) is 10.6. The second-order valence-electron chi connectivity index (χ2n) is 6.15. The lowest BCUT2D eigenvalue weighted by molar-refractivity contribution is -0.0282. The van der Waals surface area contributed by atoms with Gasteiger partial charge in [0.1, 0.15) is 0 Å². The number of likely N-dealkylation sites (tertiary alicyclic amines) is 1. The van der Waals surface area contributed by atoms with E-state index >= 15 is 0 Å². The monoisotopic (exact) mass is 298 g/mol. The highest BCUT2D eigenvalue weighted by atomic mass is 16.3. The van der Waals surface area contributed by atoms with Crippen LogP contribution in [0, 0.1) is 6.92 Å². The van der Waals surface area contributed by atoms with Gasteiger partial charge in [-0.1, -0.05) is 30.3 Å². The summed E-state index contributed by atoms with van der Waals surface area (Å²) in [6, 6.07) is 11.8. The minimum Gasteiger partial charge on any atom is -0.385 e. The molecule has 1 aliphatic rings. The average Bonchev–Trinajstić information content (AvgIpc) is 2.52. The van der Waals surface area contributed by atoms with Gasteiger partial charge in [0, 0.05) is 31.4 Å². The van der Waals surface area contributed by atoms with Gasteiger partial charge in [0.05, 0.1) is 5.60 Å². The van der Waals surface area contributed by atoms with Crippen molar-refractivity contribution in [3.05, 3.63) is 69.6 Å². The van der Waals surface area contributed by atoms with Crippen molar-refractivity contribution in [1.29, 1.82) is 0 Å². The summed E-state index contributed by atoms with van der Waals surface area (Å²) in [6.07, 6.45) is 3.05. The Labute approximate surface area is 130 Å². The van der Waals surface area contributed by atoms with Crippen LogP contribution in [0.2, 0.25) is 0 Å². The third-order valence-electron chi connectivity index (χ3n) is 4.62. The molecule has 0 unspecified atom stereocenters. The lowest BCUT2D eigenvalue weighted by Gasteiger charge is -2.39. The number of aliphatic hydroxyl groups is 1. The van der Waals surface area contributed by atoms with Crippen LogP contribution < -0.4 is 5.56 Å². The standard InChI is InChI=1S/C18H22N2O2/c1-14-5-2-3-7-16(14)18(22)8-11-20(12-9-18)13-15-6-4-10-19-17(15)21/h2-7,10,22H,8-9,11-13H2,1H3,(H,19,21). The zero-order valence-corrected chi connectivity index (χ0v) is 12.9. The van der Waals surface area contributed by atoms with Gasteiger partial charge < -0.3 is 10.1 Å². The van der Waals surface area contributed by atoms with Crippen LogP contribution in [-0.4, -0.2) is 28.1 Å². The van der Waals surface area contributed by atoms with Crippen LogP contribution in [0.3, 0.4) is 0 Å². The summed E-state index contributed by atoms with van der Waals surface area (Å²) in [5.74, 6) is 0. The Morgan fingerprint density at radius 2 is 1.91 bits per heavy atom. The van der Waals surface area contributed by atoms with Crippen LogP contribution in [0.25, 0.3) is 0 Å². The molecule has 0 saturated carbocycles. The molecule has 0 radical (unpaired) electrons. The zero-order chi connectivity index (χ0) is 15.6. The molecule has 1 aromatic carbocycles. The molecule has 2 heterocycles. The van der Waals surface area contributed by atoms with E-state index in [2.05, 4.69) is 9.88 Å². The van der Waals surface area contributed by atoms with E-state index in [1.165, 1.54) is 0 Å². The number of hydrogen-bond acceptors (Lipinski definition) is 3. The number of hydrogen-bond donors (Lipinski definition) is 2. The number of rotatable bonds is 3. The van der Waals surface area contributed by atoms with Crippen LogP contribution in [0.1, 0.15) is 29.5 Å². The Hall–Kier alpha value is -1.91. The van der Waals surface area contributed by atoms with Gasteiger partial charge in [-0.2, -0.15) is 0 Å². The van der Waals surface area contributed by atoms with Crippen LogP contribution >= 0.6 is 0 Å². The number of pyridine rings is 1. The lowest BCUT2D eigenvalue weighted by Crippen LogP contribution is -2.43. The van der Waals surface area contributed by atoms with Crippen molar-refractivity contribution in [3.8, 4) is 0 Å². The topological polar surface area (TPSA) is 56.3 Å². The third kappa shape index (κ3) is 2.98. The number of piperidine rings is 1. The SMILES string of the molecule is Cc1ccccc1C1(O)CCN(Cc2ccc[nH]c2=O)CC1. The van der Waals surface area contributed by atoms with Gasteiger partial charge in [-0.15, -0.1) is 0 Å². The summed E-state index contributed by atoms with van der Waals surface area (Å²) < 4.78 is 0. The molecule has 0 amide bonds. The number of benzene rings is 1. The Morgan fingerprint density at radius 1 is 1.18 bits per heavy atom. The van der Waals surface area contributed by atoms with Crippen molar-refractivity contribution in [2.24, 2.45) is 0 Å². The van der Waals surface area contributed by atoms with Gasteiger partial charge in [0.25, 0.3) is 5.56 Å². The molecule has 0 bridgehead atoms. The highest BCUT2D eigenvalue weighted by Crippen LogP contribution is 2.34. The van der Waals surface area contributed by atoms with Gasteiger partial charge in [-0.3, -0.25) is 9.69 Å². The van der Waals surface area contributed by atoms with Gasteiger partial charge >= 0.3 is 0 Å². The fourth-order valence-corrected chi connectivity index (χ4v) is 3.27. The van der Waals surface area contributed by atoms with Crippen LogP contribution in [0.15, 0.2) is 47.4 Å². The summed E-state index contributed by atoms with van der Waals surface area (Å²) in [5.41, 5.74) is 2.18. The quantitative estimate of drug-likeness (QED) is 0.913. The van der Waals surface area contributed by atoms with E-state index in [-0.39, 0.29) is 5.56 Å². The van der Waals surface area contributed by atoms with E-state index in [4.69, 9.17) is 0 Å². The summed E-state index contributed by atoms with van der Waals surface area (Å²) in [5, 5.41) is 11.0. The van der Waals surface area contributed by atoms with Crippen LogP contribution in [-0.2, 0) is 12.1 Å². The van der Waals surface area contributed by atoms with E-state index in [1.807, 2.05) is 43.3 Å². The largest absolute Gasteiger partial charge is 0.385 e. The molecular formula is C18H22N2O2. The maximum Gasteiger partial charge on any atom is 0.252 e. The Morgan fingerprint density at radius 3 is 2.59 bits per heavy atom. The summed E-state index contributed by atoms with van der Waals surface area (Å²) in [7, 11) is 0. The predicted octanol–water partition coefficient (Wildman–Crippen LogP) is 2.17. The average molecular weight is 298 g/mol. The molecule has 0 aliphatic carbocycles. The molecule has 4 nitrogen and oxygen atoms in total. The van der Waals surface area contributed by atoms with Gasteiger partial charge in [0.2, 0.25) is 0 Å². The molecule has 22 heavy (non-hydrogen) atoms. The van der Waals surface area contributed by atoms with E-state index in [0.29, 0.717) is 19.4 Å². The minimum absolute atomic E-state index is 0.0257. The van der Waals surface area contributed by atoms with Crippen molar-refractivity contribution in [2.45, 2.75) is 31.9 Å². The van der Waals surface area contributed by atoms with E-state index in [0.717, 1.165) is 29.8 Å². The molecule has 1 aromatic heterocycles. The molecule has 1 fully saturated rings. The third-order valence-corrected chi connectivity index (χ3v) is 4.62. The summed E-state index contributed by atoms with van der Waals surface area (Å²) in [4.78, 5) is 16.7. The van der Waals surface area contributed by atoms with Crippen LogP contribution in [0.4, 0.5) is 0 Å². The molecule has 2 aromatic rings. The van der Waals surface area contributed by atoms with Crippen molar-refractivity contribution in [2.75, 3.05) is 13.1 Å². The second-order valence-corrected chi connectivity index (χ2v) is 6.15. The Kier molecular flexibility index (Phi) is 4.14. The van der Waals surface area contributed by atoms with E-state index < -0.39 is 5.60 Å². The number of nitrogens with one attached hydrogen (secondary N) is 1. The van der Waals surface area contributed by atoms with Crippen LogP contribution in [0.5, 0.6) is 0 Å². The highest BCUT2D eigenvalue weighted by molar-refractivity contribution is 5.31. The Balaban J connectivity index is 1.69. The van der Waals surface area contributed by atoms with Gasteiger partial charge in [-0.05, 0) is 37.0 Å². The molecule has 116 valence electrons. The van der Waals surface area contributed by atoms with E-state index in [1.54, 1.807) is 6.20 Å². The maximum absolute atomic E-state index is 11.8. The van der Waals surface area contributed by atoms with Crippen molar-refractivity contribution in [3.63, 3.8) is 0 Å². The number of aromatic amines is 1. The minimum atomic E-state index is -0.745.